The van der Waals surface area contributed by atoms with Gasteiger partial charge in [0.15, 0.2) is 5.82 Å². The lowest BCUT2D eigenvalue weighted by Crippen LogP contribution is -2.41. The Morgan fingerprint density at radius 1 is 1.41 bits per heavy atom. The number of hydrogen-bond acceptors (Lipinski definition) is 5. The summed E-state index contributed by atoms with van der Waals surface area (Å²) in [5.41, 5.74) is 0.960. The van der Waals surface area contributed by atoms with Crippen LogP contribution in [0.3, 0.4) is 0 Å². The number of amides is 1. The van der Waals surface area contributed by atoms with E-state index in [9.17, 15) is 4.79 Å². The highest BCUT2D eigenvalue weighted by molar-refractivity contribution is 7.99. The SMILES string of the molecule is Cc1cc(OCc2nc(SCC(=O)N[C@H]3CCCC[C@@H]3C)n[nH]2)ccc1Cl. The van der Waals surface area contributed by atoms with E-state index in [-0.39, 0.29) is 12.5 Å². The fourth-order valence-electron chi connectivity index (χ4n) is 3.17. The van der Waals surface area contributed by atoms with Gasteiger partial charge in [0, 0.05) is 11.1 Å². The van der Waals surface area contributed by atoms with Gasteiger partial charge in [0.25, 0.3) is 0 Å². The monoisotopic (exact) mass is 408 g/mol. The molecule has 1 amide bonds. The van der Waals surface area contributed by atoms with Crippen molar-refractivity contribution in [3.63, 3.8) is 0 Å². The van der Waals surface area contributed by atoms with Crippen molar-refractivity contribution >= 4 is 29.3 Å². The van der Waals surface area contributed by atoms with E-state index in [2.05, 4.69) is 27.4 Å². The van der Waals surface area contributed by atoms with Gasteiger partial charge in [-0.1, -0.05) is 43.1 Å². The fraction of sp³-hybridized carbons (Fsp3) is 0.526. The minimum atomic E-state index is 0.0398. The first kappa shape index (κ1) is 20.0. The number of aromatic amines is 1. The first-order valence-electron chi connectivity index (χ1n) is 9.23. The number of H-pyrrole nitrogens is 1. The van der Waals surface area contributed by atoms with Gasteiger partial charge >= 0.3 is 0 Å². The lowest BCUT2D eigenvalue weighted by Gasteiger charge is -2.29. The molecule has 8 heteroatoms. The highest BCUT2D eigenvalue weighted by Crippen LogP contribution is 2.24. The molecule has 2 atom stereocenters. The zero-order valence-electron chi connectivity index (χ0n) is 15.6. The van der Waals surface area contributed by atoms with Crippen molar-refractivity contribution in [3.05, 3.63) is 34.6 Å². The van der Waals surface area contributed by atoms with Gasteiger partial charge in [0.1, 0.15) is 12.4 Å². The third-order valence-corrected chi connectivity index (χ3v) is 6.08. The molecule has 2 N–H and O–H groups in total. The molecule has 3 rings (SSSR count). The maximum absolute atomic E-state index is 12.2. The van der Waals surface area contributed by atoms with Crippen molar-refractivity contribution in [3.8, 4) is 5.75 Å². The predicted molar refractivity (Wildman–Crippen MR) is 107 cm³/mol. The van der Waals surface area contributed by atoms with Gasteiger partial charge in [-0.25, -0.2) is 4.98 Å². The van der Waals surface area contributed by atoms with E-state index in [4.69, 9.17) is 16.3 Å². The van der Waals surface area contributed by atoms with Crippen molar-refractivity contribution in [2.75, 3.05) is 5.75 Å². The lowest BCUT2D eigenvalue weighted by atomic mass is 9.86. The highest BCUT2D eigenvalue weighted by atomic mass is 35.5. The third kappa shape index (κ3) is 5.87. The zero-order chi connectivity index (χ0) is 19.2. The van der Waals surface area contributed by atoms with Crippen molar-refractivity contribution in [2.45, 2.75) is 57.3 Å². The molecule has 2 aromatic rings. The van der Waals surface area contributed by atoms with Crippen molar-refractivity contribution in [2.24, 2.45) is 5.92 Å². The Kier molecular flexibility index (Phi) is 7.01. The number of benzene rings is 1. The average molecular weight is 409 g/mol. The molecule has 1 saturated carbocycles. The summed E-state index contributed by atoms with van der Waals surface area (Å²) in [6, 6.07) is 5.80. The van der Waals surface area contributed by atoms with E-state index in [1.807, 2.05) is 19.1 Å². The van der Waals surface area contributed by atoms with E-state index in [1.165, 1.54) is 31.0 Å². The number of aromatic nitrogens is 3. The molecule has 0 unspecified atom stereocenters. The summed E-state index contributed by atoms with van der Waals surface area (Å²) >= 11 is 7.34. The second kappa shape index (κ2) is 9.46. The molecule has 0 radical (unpaired) electrons. The fourth-order valence-corrected chi connectivity index (χ4v) is 3.92. The number of hydrogen-bond donors (Lipinski definition) is 2. The minimum absolute atomic E-state index is 0.0398. The first-order valence-corrected chi connectivity index (χ1v) is 10.6. The standard InChI is InChI=1S/C19H25ClN4O2S/c1-12-5-3-4-6-16(12)21-18(25)11-27-19-22-17(23-24-19)10-26-14-7-8-15(20)13(2)9-14/h7-9,12,16H,3-6,10-11H2,1-2H3,(H,21,25)(H,22,23,24)/t12-,16-/m0/s1. The van der Waals surface area contributed by atoms with Crippen LogP contribution >= 0.6 is 23.4 Å². The quantitative estimate of drug-likeness (QED) is 0.673. The largest absolute Gasteiger partial charge is 0.486 e. The Labute approximate surface area is 168 Å². The minimum Gasteiger partial charge on any atom is -0.486 e. The van der Waals surface area contributed by atoms with Crippen LogP contribution in [-0.2, 0) is 11.4 Å². The zero-order valence-corrected chi connectivity index (χ0v) is 17.2. The molecule has 1 aromatic heterocycles. The summed E-state index contributed by atoms with van der Waals surface area (Å²) in [4.78, 5) is 16.5. The molecule has 0 aliphatic heterocycles. The van der Waals surface area contributed by atoms with Crippen LogP contribution in [0.5, 0.6) is 5.75 Å². The molecule has 0 bridgehead atoms. The molecule has 1 heterocycles. The van der Waals surface area contributed by atoms with Gasteiger partial charge in [-0.15, -0.1) is 5.10 Å². The van der Waals surface area contributed by atoms with Gasteiger partial charge in [0.2, 0.25) is 11.1 Å². The van der Waals surface area contributed by atoms with Gasteiger partial charge in [-0.3, -0.25) is 9.89 Å². The molecule has 6 nitrogen and oxygen atoms in total. The molecule has 1 aliphatic rings. The van der Waals surface area contributed by atoms with E-state index >= 15 is 0 Å². The molecule has 0 saturated heterocycles. The second-order valence-electron chi connectivity index (χ2n) is 6.99. The predicted octanol–water partition coefficient (Wildman–Crippen LogP) is 4.13. The van der Waals surface area contributed by atoms with E-state index in [0.717, 1.165) is 17.7 Å². The summed E-state index contributed by atoms with van der Waals surface area (Å²) in [5.74, 6) is 2.25. The van der Waals surface area contributed by atoms with Gasteiger partial charge in [-0.05, 0) is 49.4 Å². The van der Waals surface area contributed by atoms with Crippen LogP contribution in [0.1, 0.15) is 44.0 Å². The van der Waals surface area contributed by atoms with Gasteiger partial charge in [-0.2, -0.15) is 0 Å². The van der Waals surface area contributed by atoms with Crippen molar-refractivity contribution in [1.29, 1.82) is 0 Å². The number of halogens is 1. The summed E-state index contributed by atoms with van der Waals surface area (Å²) < 4.78 is 5.70. The van der Waals surface area contributed by atoms with Crippen LogP contribution in [0.2, 0.25) is 5.02 Å². The number of thioether (sulfide) groups is 1. The van der Waals surface area contributed by atoms with E-state index < -0.39 is 0 Å². The maximum Gasteiger partial charge on any atom is 0.230 e. The molecular formula is C19H25ClN4O2S. The van der Waals surface area contributed by atoms with Crippen LogP contribution in [0.15, 0.2) is 23.4 Å². The highest BCUT2D eigenvalue weighted by Gasteiger charge is 2.22. The Morgan fingerprint density at radius 3 is 3.00 bits per heavy atom. The molecule has 0 spiro atoms. The number of rotatable bonds is 7. The number of ether oxygens (including phenoxy) is 1. The van der Waals surface area contributed by atoms with Crippen LogP contribution in [0.4, 0.5) is 0 Å². The Hall–Kier alpha value is -1.73. The van der Waals surface area contributed by atoms with Crippen molar-refractivity contribution < 1.29 is 9.53 Å². The Balaban J connectivity index is 1.43. The molecule has 1 aromatic carbocycles. The van der Waals surface area contributed by atoms with Gasteiger partial charge < -0.3 is 10.1 Å². The van der Waals surface area contributed by atoms with Crippen molar-refractivity contribution in [1.82, 2.24) is 20.5 Å². The molecule has 27 heavy (non-hydrogen) atoms. The number of nitrogens with zero attached hydrogens (tertiary/aromatic N) is 2. The van der Waals surface area contributed by atoms with Crippen LogP contribution in [-0.4, -0.2) is 32.9 Å². The van der Waals surface area contributed by atoms with Crippen LogP contribution in [0.25, 0.3) is 0 Å². The summed E-state index contributed by atoms with van der Waals surface area (Å²) in [7, 11) is 0. The number of aryl methyl sites for hydroxylation is 1. The van der Waals surface area contributed by atoms with E-state index in [1.54, 1.807) is 6.07 Å². The van der Waals surface area contributed by atoms with E-state index in [0.29, 0.717) is 33.7 Å². The molecular weight excluding hydrogens is 384 g/mol. The number of carbonyl (C=O) groups excluding carboxylic acids is 1. The molecule has 1 aliphatic carbocycles. The number of nitrogens with one attached hydrogen (secondary N) is 2. The average Bonchev–Trinajstić information content (AvgIpc) is 3.11. The van der Waals surface area contributed by atoms with Crippen LogP contribution in [0, 0.1) is 12.8 Å². The summed E-state index contributed by atoms with van der Waals surface area (Å²) in [5, 5.41) is 11.4. The Morgan fingerprint density at radius 2 is 2.22 bits per heavy atom. The topological polar surface area (TPSA) is 79.9 Å². The third-order valence-electron chi connectivity index (χ3n) is 4.81. The number of carbonyl (C=O) groups is 1. The normalized spacial score (nSPS) is 19.7. The smallest absolute Gasteiger partial charge is 0.230 e. The van der Waals surface area contributed by atoms with Crippen LogP contribution < -0.4 is 10.1 Å². The molecule has 146 valence electrons. The maximum atomic E-state index is 12.2. The second-order valence-corrected chi connectivity index (χ2v) is 8.34. The molecule has 1 fully saturated rings. The first-order chi connectivity index (χ1) is 13.0. The Bertz CT molecular complexity index is 783. The summed E-state index contributed by atoms with van der Waals surface area (Å²) in [6.45, 7) is 4.42. The summed E-state index contributed by atoms with van der Waals surface area (Å²) in [6.07, 6.45) is 4.72. The van der Waals surface area contributed by atoms with Gasteiger partial charge in [0.05, 0.1) is 5.75 Å². The lowest BCUT2D eigenvalue weighted by molar-refractivity contribution is -0.119.